The molecule has 140 valence electrons. The van der Waals surface area contributed by atoms with Gasteiger partial charge in [0.1, 0.15) is 18.1 Å². The van der Waals surface area contributed by atoms with E-state index in [0.717, 1.165) is 23.5 Å². The van der Waals surface area contributed by atoms with Crippen molar-refractivity contribution in [2.24, 2.45) is 0 Å². The maximum atomic E-state index is 12.3. The molecule has 4 heteroatoms. The SMILES string of the molecule is CCc1ccc(OCCNC(=O)C(CC)Oc2ccc(C)c(C)c2)cc1. The van der Waals surface area contributed by atoms with Gasteiger partial charge in [0.25, 0.3) is 5.91 Å². The Kier molecular flexibility index (Phi) is 7.52. The lowest BCUT2D eigenvalue weighted by Crippen LogP contribution is -2.39. The number of hydrogen-bond acceptors (Lipinski definition) is 3. The molecule has 1 atom stereocenters. The van der Waals surface area contributed by atoms with Gasteiger partial charge >= 0.3 is 0 Å². The van der Waals surface area contributed by atoms with E-state index in [1.807, 2.05) is 44.2 Å². The molecule has 0 saturated heterocycles. The number of benzene rings is 2. The monoisotopic (exact) mass is 355 g/mol. The van der Waals surface area contributed by atoms with Crippen molar-refractivity contribution in [2.45, 2.75) is 46.6 Å². The van der Waals surface area contributed by atoms with Crippen molar-refractivity contribution in [3.8, 4) is 11.5 Å². The predicted octanol–water partition coefficient (Wildman–Crippen LogP) is 4.22. The zero-order valence-electron chi connectivity index (χ0n) is 16.2. The van der Waals surface area contributed by atoms with Crippen LogP contribution in [0.5, 0.6) is 11.5 Å². The van der Waals surface area contributed by atoms with Gasteiger partial charge < -0.3 is 14.8 Å². The number of amides is 1. The molecule has 0 aromatic heterocycles. The Morgan fingerprint density at radius 2 is 1.69 bits per heavy atom. The van der Waals surface area contributed by atoms with Gasteiger partial charge in [-0.1, -0.05) is 32.0 Å². The molecule has 0 bridgehead atoms. The first kappa shape index (κ1) is 19.8. The molecule has 2 aromatic carbocycles. The van der Waals surface area contributed by atoms with Crippen LogP contribution in [-0.2, 0) is 11.2 Å². The first-order valence-corrected chi connectivity index (χ1v) is 9.26. The number of nitrogens with one attached hydrogen (secondary N) is 1. The summed E-state index contributed by atoms with van der Waals surface area (Å²) in [7, 11) is 0. The van der Waals surface area contributed by atoms with Crippen molar-refractivity contribution in [3.05, 3.63) is 59.2 Å². The molecule has 0 radical (unpaired) electrons. The minimum absolute atomic E-state index is 0.115. The van der Waals surface area contributed by atoms with Crippen LogP contribution in [-0.4, -0.2) is 25.2 Å². The van der Waals surface area contributed by atoms with Crippen LogP contribution in [0.3, 0.4) is 0 Å². The Labute approximate surface area is 156 Å². The van der Waals surface area contributed by atoms with Gasteiger partial charge in [0.15, 0.2) is 6.10 Å². The van der Waals surface area contributed by atoms with E-state index in [9.17, 15) is 4.79 Å². The highest BCUT2D eigenvalue weighted by molar-refractivity contribution is 5.81. The summed E-state index contributed by atoms with van der Waals surface area (Å²) in [6, 6.07) is 13.9. The fraction of sp³-hybridized carbons (Fsp3) is 0.409. The lowest BCUT2D eigenvalue weighted by Gasteiger charge is -2.18. The third kappa shape index (κ3) is 5.80. The zero-order valence-corrected chi connectivity index (χ0v) is 16.2. The molecule has 0 fully saturated rings. The topological polar surface area (TPSA) is 47.6 Å². The van der Waals surface area contributed by atoms with E-state index < -0.39 is 6.10 Å². The highest BCUT2D eigenvalue weighted by Gasteiger charge is 2.18. The third-order valence-electron chi connectivity index (χ3n) is 4.42. The molecule has 2 aromatic rings. The molecular weight excluding hydrogens is 326 g/mol. The van der Waals surface area contributed by atoms with Crippen molar-refractivity contribution in [2.75, 3.05) is 13.2 Å². The molecule has 0 aliphatic heterocycles. The fourth-order valence-corrected chi connectivity index (χ4v) is 2.55. The molecule has 0 aliphatic carbocycles. The highest BCUT2D eigenvalue weighted by Crippen LogP contribution is 2.18. The number of ether oxygens (including phenoxy) is 2. The van der Waals surface area contributed by atoms with E-state index in [4.69, 9.17) is 9.47 Å². The van der Waals surface area contributed by atoms with Gasteiger partial charge in [-0.25, -0.2) is 0 Å². The molecule has 0 spiro atoms. The minimum Gasteiger partial charge on any atom is -0.492 e. The molecule has 0 heterocycles. The van der Waals surface area contributed by atoms with Gasteiger partial charge in [0, 0.05) is 0 Å². The average molecular weight is 355 g/mol. The first-order valence-electron chi connectivity index (χ1n) is 9.26. The Morgan fingerprint density at radius 1 is 1.00 bits per heavy atom. The number of carbonyl (C=O) groups excluding carboxylic acids is 1. The van der Waals surface area contributed by atoms with Crippen molar-refractivity contribution >= 4 is 5.91 Å². The number of carbonyl (C=O) groups is 1. The van der Waals surface area contributed by atoms with Crippen LogP contribution in [0.2, 0.25) is 0 Å². The summed E-state index contributed by atoms with van der Waals surface area (Å²) in [5, 5.41) is 2.88. The lowest BCUT2D eigenvalue weighted by molar-refractivity contribution is -0.128. The Morgan fingerprint density at radius 3 is 2.31 bits per heavy atom. The van der Waals surface area contributed by atoms with E-state index >= 15 is 0 Å². The van der Waals surface area contributed by atoms with Crippen LogP contribution in [0, 0.1) is 13.8 Å². The smallest absolute Gasteiger partial charge is 0.261 e. The van der Waals surface area contributed by atoms with Crippen molar-refractivity contribution < 1.29 is 14.3 Å². The first-order chi connectivity index (χ1) is 12.5. The van der Waals surface area contributed by atoms with Crippen molar-refractivity contribution in [3.63, 3.8) is 0 Å². The summed E-state index contributed by atoms with van der Waals surface area (Å²) in [5.41, 5.74) is 3.64. The van der Waals surface area contributed by atoms with E-state index in [-0.39, 0.29) is 5.91 Å². The van der Waals surface area contributed by atoms with Crippen LogP contribution in [0.25, 0.3) is 0 Å². The fourth-order valence-electron chi connectivity index (χ4n) is 2.55. The Balaban J connectivity index is 1.78. The van der Waals surface area contributed by atoms with Crippen LogP contribution in [0.15, 0.2) is 42.5 Å². The van der Waals surface area contributed by atoms with E-state index in [2.05, 4.69) is 31.3 Å². The van der Waals surface area contributed by atoms with Crippen LogP contribution < -0.4 is 14.8 Å². The van der Waals surface area contributed by atoms with Gasteiger partial charge in [0.2, 0.25) is 0 Å². The van der Waals surface area contributed by atoms with Crippen molar-refractivity contribution in [1.82, 2.24) is 5.32 Å². The summed E-state index contributed by atoms with van der Waals surface area (Å²) in [4.78, 5) is 12.3. The van der Waals surface area contributed by atoms with Crippen molar-refractivity contribution in [1.29, 1.82) is 0 Å². The molecule has 4 nitrogen and oxygen atoms in total. The van der Waals surface area contributed by atoms with E-state index in [0.29, 0.717) is 19.6 Å². The number of rotatable bonds is 9. The molecule has 26 heavy (non-hydrogen) atoms. The minimum atomic E-state index is -0.499. The molecular formula is C22H29NO3. The Bertz CT molecular complexity index is 710. The molecule has 0 saturated carbocycles. The average Bonchev–Trinajstić information content (AvgIpc) is 2.66. The summed E-state index contributed by atoms with van der Waals surface area (Å²) in [5.74, 6) is 1.42. The molecule has 2 rings (SSSR count). The molecule has 0 aliphatic rings. The zero-order chi connectivity index (χ0) is 18.9. The summed E-state index contributed by atoms with van der Waals surface area (Å²) in [6.07, 6.45) is 1.12. The maximum absolute atomic E-state index is 12.3. The molecule has 1 unspecified atom stereocenters. The normalized spacial score (nSPS) is 11.7. The summed E-state index contributed by atoms with van der Waals surface area (Å²) in [6.45, 7) is 9.03. The molecule has 1 N–H and O–H groups in total. The second kappa shape index (κ2) is 9.85. The predicted molar refractivity (Wildman–Crippen MR) is 105 cm³/mol. The molecule has 1 amide bonds. The quantitative estimate of drug-likeness (QED) is 0.685. The maximum Gasteiger partial charge on any atom is 0.261 e. The second-order valence-corrected chi connectivity index (χ2v) is 6.40. The second-order valence-electron chi connectivity index (χ2n) is 6.40. The third-order valence-corrected chi connectivity index (χ3v) is 4.42. The van der Waals surface area contributed by atoms with Crippen LogP contribution in [0.4, 0.5) is 0 Å². The van der Waals surface area contributed by atoms with Gasteiger partial charge in [-0.3, -0.25) is 4.79 Å². The summed E-state index contributed by atoms with van der Waals surface area (Å²) >= 11 is 0. The van der Waals surface area contributed by atoms with Crippen LogP contribution in [0.1, 0.15) is 37.0 Å². The van der Waals surface area contributed by atoms with Gasteiger partial charge in [-0.05, 0) is 67.6 Å². The highest BCUT2D eigenvalue weighted by atomic mass is 16.5. The number of aryl methyl sites for hydroxylation is 3. The van der Waals surface area contributed by atoms with Gasteiger partial charge in [-0.15, -0.1) is 0 Å². The van der Waals surface area contributed by atoms with E-state index in [1.54, 1.807) is 0 Å². The standard InChI is InChI=1S/C22H29NO3/c1-5-18-8-11-19(12-9-18)25-14-13-23-22(24)21(6-2)26-20-10-7-16(3)17(4)15-20/h7-12,15,21H,5-6,13-14H2,1-4H3,(H,23,24). The largest absolute Gasteiger partial charge is 0.492 e. The lowest BCUT2D eigenvalue weighted by atomic mass is 10.1. The summed E-state index contributed by atoms with van der Waals surface area (Å²) < 4.78 is 11.5. The van der Waals surface area contributed by atoms with Gasteiger partial charge in [0.05, 0.1) is 6.54 Å². The Hall–Kier alpha value is -2.49. The van der Waals surface area contributed by atoms with Gasteiger partial charge in [-0.2, -0.15) is 0 Å². The number of hydrogen-bond donors (Lipinski definition) is 1. The van der Waals surface area contributed by atoms with Crippen LogP contribution >= 0.6 is 0 Å². The van der Waals surface area contributed by atoms with E-state index in [1.165, 1.54) is 11.1 Å².